The number of ketones is 1. The van der Waals surface area contributed by atoms with Gasteiger partial charge in [0.2, 0.25) is 0 Å². The van der Waals surface area contributed by atoms with Gasteiger partial charge in [0.05, 0.1) is 18.6 Å². The Morgan fingerprint density at radius 2 is 1.74 bits per heavy atom. The smallest absolute Gasteiger partial charge is 0.180 e. The van der Waals surface area contributed by atoms with Gasteiger partial charge in [-0.1, -0.05) is 13.8 Å². The lowest BCUT2D eigenvalue weighted by Gasteiger charge is -2.13. The van der Waals surface area contributed by atoms with Gasteiger partial charge in [-0.3, -0.25) is 4.79 Å². The molecule has 1 atom stereocenters. The van der Waals surface area contributed by atoms with Crippen molar-refractivity contribution in [2.75, 3.05) is 13.2 Å². The maximum absolute atomic E-state index is 11.9. The zero-order valence-electron chi connectivity index (χ0n) is 11.7. The molecule has 19 heavy (non-hydrogen) atoms. The second kappa shape index (κ2) is 8.05. The number of hydrogen-bond donors (Lipinski definition) is 0. The molecular weight excluding hydrogens is 264 g/mol. The van der Waals surface area contributed by atoms with Crippen LogP contribution in [0.25, 0.3) is 0 Å². The molecule has 0 aliphatic carbocycles. The van der Waals surface area contributed by atoms with E-state index in [9.17, 15) is 4.79 Å². The molecule has 4 heteroatoms. The van der Waals surface area contributed by atoms with Crippen LogP contribution in [0.5, 0.6) is 11.5 Å². The van der Waals surface area contributed by atoms with E-state index >= 15 is 0 Å². The summed E-state index contributed by atoms with van der Waals surface area (Å²) in [5.74, 6) is 1.18. The van der Waals surface area contributed by atoms with E-state index < -0.39 is 5.38 Å². The first-order valence-corrected chi connectivity index (χ1v) is 7.11. The number of halogens is 1. The molecule has 1 aromatic rings. The Morgan fingerprint density at radius 3 is 2.26 bits per heavy atom. The summed E-state index contributed by atoms with van der Waals surface area (Å²) < 4.78 is 11.2. The molecule has 3 nitrogen and oxygen atoms in total. The van der Waals surface area contributed by atoms with Crippen molar-refractivity contribution in [2.24, 2.45) is 0 Å². The highest BCUT2D eigenvalue weighted by atomic mass is 35.5. The van der Waals surface area contributed by atoms with Crippen LogP contribution in [0.2, 0.25) is 0 Å². The second-order valence-corrected chi connectivity index (χ2v) is 4.99. The van der Waals surface area contributed by atoms with E-state index in [0.717, 1.165) is 12.8 Å². The molecular formula is C15H21ClO3. The van der Waals surface area contributed by atoms with Gasteiger partial charge in [0.15, 0.2) is 17.3 Å². The van der Waals surface area contributed by atoms with Crippen molar-refractivity contribution in [3.05, 3.63) is 23.8 Å². The summed E-state index contributed by atoms with van der Waals surface area (Å²) in [4.78, 5) is 11.9. The maximum atomic E-state index is 11.9. The van der Waals surface area contributed by atoms with Crippen LogP contribution in [0.3, 0.4) is 0 Å². The molecule has 0 spiro atoms. The van der Waals surface area contributed by atoms with Gasteiger partial charge in [-0.15, -0.1) is 11.6 Å². The third-order valence-electron chi connectivity index (χ3n) is 2.51. The van der Waals surface area contributed by atoms with Gasteiger partial charge < -0.3 is 9.47 Å². The minimum Gasteiger partial charge on any atom is -0.490 e. The number of rotatable bonds is 8. The SMILES string of the molecule is CCCOc1ccc(C(=O)C(C)Cl)cc1OCCC. The van der Waals surface area contributed by atoms with Crippen molar-refractivity contribution in [2.45, 2.75) is 39.0 Å². The Kier molecular flexibility index (Phi) is 6.71. The number of Topliss-reactive ketones (excluding diaryl/α,β-unsaturated/α-hetero) is 1. The predicted octanol–water partition coefficient (Wildman–Crippen LogP) is 4.07. The molecule has 0 aromatic heterocycles. The van der Waals surface area contributed by atoms with Crippen molar-refractivity contribution in [1.29, 1.82) is 0 Å². The molecule has 0 bridgehead atoms. The predicted molar refractivity (Wildman–Crippen MR) is 77.7 cm³/mol. The van der Waals surface area contributed by atoms with Crippen molar-refractivity contribution in [3.63, 3.8) is 0 Å². The zero-order chi connectivity index (χ0) is 14.3. The number of carbonyl (C=O) groups is 1. The average Bonchev–Trinajstić information content (AvgIpc) is 2.42. The Hall–Kier alpha value is -1.22. The molecule has 1 aromatic carbocycles. The number of benzene rings is 1. The van der Waals surface area contributed by atoms with Gasteiger partial charge in [-0.2, -0.15) is 0 Å². The number of hydrogen-bond acceptors (Lipinski definition) is 3. The second-order valence-electron chi connectivity index (χ2n) is 4.34. The van der Waals surface area contributed by atoms with Crippen LogP contribution in [0, 0.1) is 0 Å². The van der Waals surface area contributed by atoms with Crippen LogP contribution >= 0.6 is 11.6 Å². The third-order valence-corrected chi connectivity index (χ3v) is 2.71. The normalized spacial score (nSPS) is 12.0. The van der Waals surface area contributed by atoms with Gasteiger partial charge in [-0.25, -0.2) is 0 Å². The standard InChI is InChI=1S/C15H21ClO3/c1-4-8-18-13-7-6-12(15(17)11(3)16)10-14(13)19-9-5-2/h6-7,10-11H,4-5,8-9H2,1-3H3. The lowest BCUT2D eigenvalue weighted by atomic mass is 10.1. The van der Waals surface area contributed by atoms with Gasteiger partial charge in [-0.05, 0) is 38.0 Å². The van der Waals surface area contributed by atoms with Crippen LogP contribution < -0.4 is 9.47 Å². The summed E-state index contributed by atoms with van der Waals surface area (Å²) in [7, 11) is 0. The third kappa shape index (κ3) is 4.75. The molecule has 0 saturated heterocycles. The van der Waals surface area contributed by atoms with Crippen LogP contribution in [-0.2, 0) is 0 Å². The van der Waals surface area contributed by atoms with Crippen LogP contribution in [0.15, 0.2) is 18.2 Å². The van der Waals surface area contributed by atoms with Gasteiger partial charge >= 0.3 is 0 Å². The zero-order valence-corrected chi connectivity index (χ0v) is 12.5. The molecule has 0 radical (unpaired) electrons. The first-order valence-electron chi connectivity index (χ1n) is 6.68. The summed E-state index contributed by atoms with van der Waals surface area (Å²) in [5.41, 5.74) is 0.553. The van der Waals surface area contributed by atoms with E-state index in [1.807, 2.05) is 13.8 Å². The van der Waals surface area contributed by atoms with Gasteiger partial charge in [0, 0.05) is 5.56 Å². The summed E-state index contributed by atoms with van der Waals surface area (Å²) in [6, 6.07) is 5.21. The quantitative estimate of drug-likeness (QED) is 0.533. The average molecular weight is 285 g/mol. The summed E-state index contributed by atoms with van der Waals surface area (Å²) in [6.45, 7) is 6.96. The summed E-state index contributed by atoms with van der Waals surface area (Å²) >= 11 is 5.82. The minimum absolute atomic E-state index is 0.106. The van der Waals surface area contributed by atoms with Crippen LogP contribution in [0.1, 0.15) is 44.0 Å². The molecule has 1 rings (SSSR count). The molecule has 1 unspecified atom stereocenters. The number of ether oxygens (including phenoxy) is 2. The van der Waals surface area contributed by atoms with E-state index in [-0.39, 0.29) is 5.78 Å². The molecule has 106 valence electrons. The summed E-state index contributed by atoms with van der Waals surface area (Å²) in [6.07, 6.45) is 1.82. The number of carbonyl (C=O) groups excluding carboxylic acids is 1. The Bertz CT molecular complexity index is 416. The fourth-order valence-corrected chi connectivity index (χ4v) is 1.67. The fraction of sp³-hybridized carbons (Fsp3) is 0.533. The van der Waals surface area contributed by atoms with Crippen molar-refractivity contribution >= 4 is 17.4 Å². The van der Waals surface area contributed by atoms with E-state index in [0.29, 0.717) is 30.3 Å². The topological polar surface area (TPSA) is 35.5 Å². The molecule has 0 saturated carbocycles. The maximum Gasteiger partial charge on any atom is 0.180 e. The Morgan fingerprint density at radius 1 is 1.16 bits per heavy atom. The van der Waals surface area contributed by atoms with Gasteiger partial charge in [0.1, 0.15) is 0 Å². The Labute approximate surface area is 119 Å². The molecule has 0 fully saturated rings. The molecule has 0 aliphatic rings. The van der Waals surface area contributed by atoms with Gasteiger partial charge in [0.25, 0.3) is 0 Å². The first-order chi connectivity index (χ1) is 9.10. The van der Waals surface area contributed by atoms with Crippen molar-refractivity contribution in [3.8, 4) is 11.5 Å². The van der Waals surface area contributed by atoms with Crippen molar-refractivity contribution in [1.82, 2.24) is 0 Å². The van der Waals surface area contributed by atoms with E-state index in [2.05, 4.69) is 0 Å². The molecule has 0 aliphatic heterocycles. The highest BCUT2D eigenvalue weighted by Crippen LogP contribution is 2.29. The van der Waals surface area contributed by atoms with E-state index in [1.165, 1.54) is 0 Å². The molecule has 0 N–H and O–H groups in total. The monoisotopic (exact) mass is 284 g/mol. The number of alkyl halides is 1. The van der Waals surface area contributed by atoms with Crippen LogP contribution in [0.4, 0.5) is 0 Å². The first kappa shape index (κ1) is 15.8. The fourth-order valence-electron chi connectivity index (χ4n) is 1.55. The lowest BCUT2D eigenvalue weighted by Crippen LogP contribution is -2.11. The molecule has 0 heterocycles. The molecule has 0 amide bonds. The highest BCUT2D eigenvalue weighted by molar-refractivity contribution is 6.33. The van der Waals surface area contributed by atoms with Crippen LogP contribution in [-0.4, -0.2) is 24.4 Å². The van der Waals surface area contributed by atoms with E-state index in [4.69, 9.17) is 21.1 Å². The van der Waals surface area contributed by atoms with Crippen molar-refractivity contribution < 1.29 is 14.3 Å². The lowest BCUT2D eigenvalue weighted by molar-refractivity contribution is 0.0991. The summed E-state index contributed by atoms with van der Waals surface area (Å²) in [5, 5.41) is -0.540. The largest absolute Gasteiger partial charge is 0.490 e. The minimum atomic E-state index is -0.540. The van der Waals surface area contributed by atoms with E-state index in [1.54, 1.807) is 25.1 Å². The Balaban J connectivity index is 2.96. The highest BCUT2D eigenvalue weighted by Gasteiger charge is 2.15.